The zero-order valence-corrected chi connectivity index (χ0v) is 15.5. The van der Waals surface area contributed by atoms with E-state index in [4.69, 9.17) is 4.74 Å². The van der Waals surface area contributed by atoms with Crippen LogP contribution in [0.4, 0.5) is 5.69 Å². The van der Waals surface area contributed by atoms with Gasteiger partial charge in [-0.3, -0.25) is 4.79 Å². The Bertz CT molecular complexity index is 741. The lowest BCUT2D eigenvalue weighted by Gasteiger charge is -2.26. The zero-order chi connectivity index (χ0) is 18.5. The molecule has 1 aliphatic heterocycles. The van der Waals surface area contributed by atoms with Gasteiger partial charge >= 0.3 is 5.97 Å². The quantitative estimate of drug-likeness (QED) is 0.787. The van der Waals surface area contributed by atoms with Crippen LogP contribution in [0, 0.1) is 12.8 Å². The van der Waals surface area contributed by atoms with E-state index in [0.717, 1.165) is 30.8 Å². The highest BCUT2D eigenvalue weighted by Crippen LogP contribution is 2.33. The molecule has 2 unspecified atom stereocenters. The van der Waals surface area contributed by atoms with E-state index in [0.29, 0.717) is 12.5 Å². The fourth-order valence-electron chi connectivity index (χ4n) is 3.69. The third-order valence-electron chi connectivity index (χ3n) is 5.31. The van der Waals surface area contributed by atoms with Gasteiger partial charge in [-0.05, 0) is 54.7 Å². The first-order chi connectivity index (χ1) is 12.6. The molecule has 0 amide bonds. The van der Waals surface area contributed by atoms with Crippen molar-refractivity contribution in [1.82, 2.24) is 0 Å². The second-order valence-electron chi connectivity index (χ2n) is 7.12. The number of carbonyl (C=O) groups is 1. The summed E-state index contributed by atoms with van der Waals surface area (Å²) in [5.41, 5.74) is 3.49. The first-order valence-electron chi connectivity index (χ1n) is 9.32. The van der Waals surface area contributed by atoms with E-state index in [-0.39, 0.29) is 12.5 Å². The number of rotatable bonds is 7. The van der Waals surface area contributed by atoms with Crippen molar-refractivity contribution < 1.29 is 14.6 Å². The van der Waals surface area contributed by atoms with Gasteiger partial charge < -0.3 is 14.7 Å². The highest BCUT2D eigenvalue weighted by atomic mass is 16.5. The second kappa shape index (κ2) is 8.26. The summed E-state index contributed by atoms with van der Waals surface area (Å²) in [5.74, 6) is 0.671. The Hall–Kier alpha value is -2.49. The molecule has 138 valence electrons. The first kappa shape index (κ1) is 18.3. The van der Waals surface area contributed by atoms with Crippen LogP contribution in [0.5, 0.6) is 5.75 Å². The largest absolute Gasteiger partial charge is 0.489 e. The highest BCUT2D eigenvalue weighted by molar-refractivity contribution is 5.69. The summed E-state index contributed by atoms with van der Waals surface area (Å²) in [6.07, 6.45) is 2.24. The van der Waals surface area contributed by atoms with E-state index >= 15 is 0 Å². The number of hydrogen-bond donors (Lipinski definition) is 1. The number of aliphatic carboxylic acids is 1. The van der Waals surface area contributed by atoms with Gasteiger partial charge in [-0.15, -0.1) is 0 Å². The van der Waals surface area contributed by atoms with Gasteiger partial charge in [-0.1, -0.05) is 37.6 Å². The molecule has 0 aromatic heterocycles. The van der Waals surface area contributed by atoms with Crippen molar-refractivity contribution in [3.63, 3.8) is 0 Å². The standard InChI is InChI=1S/C22H27NO3/c1-3-17-12-20(13-22(24)25)23(14-17)19-8-10-21(11-9-19)26-15-18-7-5-4-6-16(18)2/h4-11,17,20H,3,12-15H2,1-2H3,(H,24,25). The number of anilines is 1. The summed E-state index contributed by atoms with van der Waals surface area (Å²) < 4.78 is 5.91. The number of benzene rings is 2. The fourth-order valence-corrected chi connectivity index (χ4v) is 3.69. The average Bonchev–Trinajstić information content (AvgIpc) is 3.04. The van der Waals surface area contributed by atoms with Crippen molar-refractivity contribution in [2.45, 2.75) is 45.8 Å². The SMILES string of the molecule is CCC1CC(CC(=O)O)N(c2ccc(OCc3ccccc3C)cc2)C1. The number of carboxylic acids is 1. The molecule has 0 saturated carbocycles. The minimum Gasteiger partial charge on any atom is -0.489 e. The van der Waals surface area contributed by atoms with Gasteiger partial charge in [0, 0.05) is 18.3 Å². The van der Waals surface area contributed by atoms with Crippen LogP contribution in [0.25, 0.3) is 0 Å². The van der Waals surface area contributed by atoms with Crippen LogP contribution in [-0.2, 0) is 11.4 Å². The molecule has 1 heterocycles. The van der Waals surface area contributed by atoms with Crippen molar-refractivity contribution in [3.8, 4) is 5.75 Å². The predicted octanol–water partition coefficient (Wildman–Crippen LogP) is 4.65. The summed E-state index contributed by atoms with van der Waals surface area (Å²) in [5, 5.41) is 9.20. The van der Waals surface area contributed by atoms with E-state index < -0.39 is 5.97 Å². The van der Waals surface area contributed by atoms with Crippen LogP contribution in [0.1, 0.15) is 37.3 Å². The van der Waals surface area contributed by atoms with Gasteiger partial charge in [0.2, 0.25) is 0 Å². The molecule has 2 aromatic carbocycles. The summed E-state index contributed by atoms with van der Waals surface area (Å²) >= 11 is 0. The number of aryl methyl sites for hydroxylation is 1. The van der Waals surface area contributed by atoms with E-state index in [2.05, 4.69) is 30.9 Å². The third-order valence-corrected chi connectivity index (χ3v) is 5.31. The lowest BCUT2D eigenvalue weighted by Crippen LogP contribution is -2.31. The molecular weight excluding hydrogens is 326 g/mol. The van der Waals surface area contributed by atoms with E-state index in [1.54, 1.807) is 0 Å². The van der Waals surface area contributed by atoms with Gasteiger partial charge in [-0.2, -0.15) is 0 Å². The molecule has 0 radical (unpaired) electrons. The minimum atomic E-state index is -0.727. The van der Waals surface area contributed by atoms with Gasteiger partial charge in [0.25, 0.3) is 0 Å². The maximum absolute atomic E-state index is 11.2. The van der Waals surface area contributed by atoms with Crippen LogP contribution in [0.2, 0.25) is 0 Å². The fraction of sp³-hybridized carbons (Fsp3) is 0.409. The Morgan fingerprint density at radius 3 is 2.58 bits per heavy atom. The Labute approximate surface area is 155 Å². The Balaban J connectivity index is 1.66. The molecule has 1 saturated heterocycles. The molecule has 2 atom stereocenters. The molecule has 2 aromatic rings. The maximum Gasteiger partial charge on any atom is 0.305 e. The first-order valence-corrected chi connectivity index (χ1v) is 9.32. The predicted molar refractivity (Wildman–Crippen MR) is 104 cm³/mol. The molecule has 4 nitrogen and oxygen atoms in total. The summed E-state index contributed by atoms with van der Waals surface area (Å²) in [6.45, 7) is 5.74. The van der Waals surface area contributed by atoms with E-state index in [9.17, 15) is 9.90 Å². The lowest BCUT2D eigenvalue weighted by atomic mass is 10.0. The van der Waals surface area contributed by atoms with Crippen molar-refractivity contribution in [2.75, 3.05) is 11.4 Å². The van der Waals surface area contributed by atoms with Crippen LogP contribution >= 0.6 is 0 Å². The molecule has 1 fully saturated rings. The van der Waals surface area contributed by atoms with Gasteiger partial charge in [0.05, 0.1) is 6.42 Å². The molecule has 26 heavy (non-hydrogen) atoms. The molecule has 1 aliphatic rings. The molecule has 1 N–H and O–H groups in total. The highest BCUT2D eigenvalue weighted by Gasteiger charge is 2.32. The van der Waals surface area contributed by atoms with Crippen molar-refractivity contribution in [1.29, 1.82) is 0 Å². The molecular formula is C22H27NO3. The average molecular weight is 353 g/mol. The van der Waals surface area contributed by atoms with Crippen LogP contribution in [0.15, 0.2) is 48.5 Å². The zero-order valence-electron chi connectivity index (χ0n) is 15.5. The van der Waals surface area contributed by atoms with Gasteiger partial charge in [-0.25, -0.2) is 0 Å². The lowest BCUT2D eigenvalue weighted by molar-refractivity contribution is -0.137. The molecule has 3 rings (SSSR count). The number of ether oxygens (including phenoxy) is 1. The van der Waals surface area contributed by atoms with Gasteiger partial charge in [0.1, 0.15) is 12.4 Å². The third kappa shape index (κ3) is 4.37. The van der Waals surface area contributed by atoms with Crippen LogP contribution in [-0.4, -0.2) is 23.7 Å². The van der Waals surface area contributed by atoms with Crippen molar-refractivity contribution >= 4 is 11.7 Å². The Kier molecular flexibility index (Phi) is 5.82. The van der Waals surface area contributed by atoms with E-state index in [1.165, 1.54) is 11.1 Å². The number of hydrogen-bond acceptors (Lipinski definition) is 3. The normalized spacial score (nSPS) is 19.5. The monoisotopic (exact) mass is 353 g/mol. The summed E-state index contributed by atoms with van der Waals surface area (Å²) in [6, 6.07) is 16.3. The number of carboxylic acid groups (broad SMARTS) is 1. The van der Waals surface area contributed by atoms with Crippen LogP contribution < -0.4 is 9.64 Å². The Morgan fingerprint density at radius 2 is 1.92 bits per heavy atom. The number of nitrogens with zero attached hydrogens (tertiary/aromatic N) is 1. The summed E-state index contributed by atoms with van der Waals surface area (Å²) in [7, 11) is 0. The van der Waals surface area contributed by atoms with Gasteiger partial charge in [0.15, 0.2) is 0 Å². The topological polar surface area (TPSA) is 49.8 Å². The molecule has 0 aliphatic carbocycles. The van der Waals surface area contributed by atoms with Crippen molar-refractivity contribution in [2.24, 2.45) is 5.92 Å². The Morgan fingerprint density at radius 1 is 1.19 bits per heavy atom. The molecule has 0 bridgehead atoms. The second-order valence-corrected chi connectivity index (χ2v) is 7.12. The van der Waals surface area contributed by atoms with Crippen molar-refractivity contribution in [3.05, 3.63) is 59.7 Å². The summed E-state index contributed by atoms with van der Waals surface area (Å²) in [4.78, 5) is 13.4. The smallest absolute Gasteiger partial charge is 0.305 e. The molecule has 4 heteroatoms. The van der Waals surface area contributed by atoms with E-state index in [1.807, 2.05) is 36.4 Å². The van der Waals surface area contributed by atoms with Crippen LogP contribution in [0.3, 0.4) is 0 Å². The maximum atomic E-state index is 11.2. The molecule has 0 spiro atoms. The minimum absolute atomic E-state index is 0.0798.